The van der Waals surface area contributed by atoms with E-state index in [1.807, 2.05) is 42.5 Å². The second-order valence-corrected chi connectivity index (χ2v) is 6.22. The number of rotatable bonds is 4. The molecular weight excluding hydrogens is 352 g/mol. The minimum atomic E-state index is -0.0233. The Morgan fingerprint density at radius 3 is 2.73 bits per heavy atom. The maximum atomic E-state index is 12.6. The van der Waals surface area contributed by atoms with E-state index in [1.165, 1.54) is 0 Å². The average Bonchev–Trinajstić information content (AvgIpc) is 2.90. The van der Waals surface area contributed by atoms with Crippen molar-refractivity contribution in [1.29, 1.82) is 0 Å². The van der Waals surface area contributed by atoms with Crippen LogP contribution >= 0.6 is 0 Å². The Hall–Kier alpha value is -2.70. The highest BCUT2D eigenvalue weighted by Crippen LogP contribution is 2.35. The molecule has 2 aromatic rings. The molecule has 0 radical (unpaired) electrons. The summed E-state index contributed by atoms with van der Waals surface area (Å²) in [5.74, 6) is 0.665. The standard InChI is InChI=1S/C19H18N4O2.ClH/c20-9-3-6-17(24)21-13-7-8-16-12(10-13)11-23-18(22-16)14-4-1-2-5-15(14)19(23)25;/h1-2,4-5,7-8,10H,3,6,9,11,20H2,(H,21,24);1H. The minimum Gasteiger partial charge on any atom is -1.00 e. The summed E-state index contributed by atoms with van der Waals surface area (Å²) in [5.41, 5.74) is 7.82. The number of benzene rings is 2. The molecule has 0 unspecified atom stereocenters. The lowest BCUT2D eigenvalue weighted by molar-refractivity contribution is -0.368. The van der Waals surface area contributed by atoms with Crippen molar-refractivity contribution in [2.75, 3.05) is 11.9 Å². The van der Waals surface area contributed by atoms with Crippen molar-refractivity contribution >= 4 is 29.0 Å². The van der Waals surface area contributed by atoms with Crippen LogP contribution in [0.2, 0.25) is 0 Å². The van der Waals surface area contributed by atoms with E-state index in [0.29, 0.717) is 24.4 Å². The predicted molar refractivity (Wildman–Crippen MR) is 94.6 cm³/mol. The van der Waals surface area contributed by atoms with E-state index < -0.39 is 0 Å². The van der Waals surface area contributed by atoms with Crippen LogP contribution in [0.5, 0.6) is 0 Å². The van der Waals surface area contributed by atoms with Gasteiger partial charge in [0.2, 0.25) is 5.91 Å². The SMILES string of the molecule is [Cl-].[NH3+]CCCC(=O)Nc1ccc2c(c1)CN1C(=O)c3ccccc3C1=N2. The van der Waals surface area contributed by atoms with E-state index >= 15 is 0 Å². The number of nitrogens with one attached hydrogen (secondary N) is 1. The molecule has 2 heterocycles. The van der Waals surface area contributed by atoms with Gasteiger partial charge in [-0.25, -0.2) is 4.99 Å². The van der Waals surface area contributed by atoms with Crippen LogP contribution in [-0.4, -0.2) is 29.1 Å². The topological polar surface area (TPSA) is 89.4 Å². The normalized spacial score (nSPS) is 14.0. The average molecular weight is 371 g/mol. The molecule has 2 aromatic carbocycles. The van der Waals surface area contributed by atoms with Gasteiger partial charge < -0.3 is 23.5 Å². The molecule has 4 N–H and O–H groups in total. The van der Waals surface area contributed by atoms with Gasteiger partial charge in [-0.1, -0.05) is 18.2 Å². The summed E-state index contributed by atoms with van der Waals surface area (Å²) in [5, 5.41) is 2.90. The summed E-state index contributed by atoms with van der Waals surface area (Å²) < 4.78 is 0. The molecule has 0 saturated heterocycles. The summed E-state index contributed by atoms with van der Waals surface area (Å²) in [6.07, 6.45) is 1.23. The Bertz CT molecular complexity index is 910. The number of nitrogens with zero attached hydrogens (tertiary/aromatic N) is 2. The van der Waals surface area contributed by atoms with E-state index in [2.05, 4.69) is 16.0 Å². The number of fused-ring (bicyclic) bond motifs is 4. The van der Waals surface area contributed by atoms with Gasteiger partial charge in [0, 0.05) is 24.1 Å². The Morgan fingerprint density at radius 2 is 1.96 bits per heavy atom. The molecule has 0 atom stereocenters. The van der Waals surface area contributed by atoms with Gasteiger partial charge in [-0.2, -0.15) is 0 Å². The third-order valence-electron chi connectivity index (χ3n) is 4.47. The smallest absolute Gasteiger partial charge is 0.260 e. The molecule has 4 rings (SSSR count). The van der Waals surface area contributed by atoms with Crippen molar-refractivity contribution in [2.24, 2.45) is 4.99 Å². The van der Waals surface area contributed by atoms with E-state index in [4.69, 9.17) is 0 Å². The number of aliphatic imine (C=N–C) groups is 1. The predicted octanol–water partition coefficient (Wildman–Crippen LogP) is -1.30. The highest BCUT2D eigenvalue weighted by Gasteiger charge is 2.36. The van der Waals surface area contributed by atoms with Gasteiger partial charge in [-0.3, -0.25) is 14.5 Å². The van der Waals surface area contributed by atoms with Crippen LogP contribution in [0.4, 0.5) is 11.4 Å². The first-order valence-corrected chi connectivity index (χ1v) is 8.39. The van der Waals surface area contributed by atoms with Crippen LogP contribution in [0, 0.1) is 0 Å². The first-order chi connectivity index (χ1) is 12.2. The fourth-order valence-electron chi connectivity index (χ4n) is 3.21. The molecule has 0 fully saturated rings. The third-order valence-corrected chi connectivity index (χ3v) is 4.47. The van der Waals surface area contributed by atoms with E-state index in [0.717, 1.165) is 35.5 Å². The zero-order valence-electron chi connectivity index (χ0n) is 14.2. The van der Waals surface area contributed by atoms with Gasteiger partial charge in [0.25, 0.3) is 5.91 Å². The summed E-state index contributed by atoms with van der Waals surface area (Å²) in [4.78, 5) is 30.8. The zero-order valence-corrected chi connectivity index (χ0v) is 14.9. The maximum absolute atomic E-state index is 12.6. The zero-order chi connectivity index (χ0) is 17.4. The van der Waals surface area contributed by atoms with Gasteiger partial charge in [0.1, 0.15) is 5.84 Å². The number of anilines is 1. The van der Waals surface area contributed by atoms with Crippen molar-refractivity contribution < 1.29 is 27.7 Å². The van der Waals surface area contributed by atoms with Crippen molar-refractivity contribution in [2.45, 2.75) is 19.4 Å². The summed E-state index contributed by atoms with van der Waals surface area (Å²) in [7, 11) is 0. The molecular formula is C19H19ClN4O2. The lowest BCUT2D eigenvalue weighted by Crippen LogP contribution is -3.00. The first-order valence-electron chi connectivity index (χ1n) is 8.39. The van der Waals surface area contributed by atoms with Gasteiger partial charge in [-0.15, -0.1) is 0 Å². The second-order valence-electron chi connectivity index (χ2n) is 6.22. The number of quaternary nitrogens is 1. The number of hydrogen-bond acceptors (Lipinski definition) is 3. The lowest BCUT2D eigenvalue weighted by Gasteiger charge is -2.23. The number of halogens is 1. The third kappa shape index (κ3) is 3.09. The molecule has 2 aliphatic heterocycles. The summed E-state index contributed by atoms with van der Waals surface area (Å²) in [6.45, 7) is 1.21. The van der Waals surface area contributed by atoms with E-state index in [1.54, 1.807) is 4.90 Å². The highest BCUT2D eigenvalue weighted by molar-refractivity contribution is 6.24. The summed E-state index contributed by atoms with van der Waals surface area (Å²) >= 11 is 0. The van der Waals surface area contributed by atoms with Crippen LogP contribution in [-0.2, 0) is 11.3 Å². The van der Waals surface area contributed by atoms with Crippen LogP contribution < -0.4 is 23.5 Å². The van der Waals surface area contributed by atoms with Crippen LogP contribution in [0.1, 0.15) is 34.3 Å². The Kier molecular flexibility index (Phi) is 5.06. The fraction of sp³-hybridized carbons (Fsp3) is 0.211. The van der Waals surface area contributed by atoms with Crippen molar-refractivity contribution in [3.05, 3.63) is 59.2 Å². The Balaban J connectivity index is 0.00000196. The molecule has 134 valence electrons. The van der Waals surface area contributed by atoms with Crippen molar-refractivity contribution in [3.63, 3.8) is 0 Å². The second kappa shape index (κ2) is 7.27. The molecule has 7 heteroatoms. The maximum Gasteiger partial charge on any atom is 0.260 e. The van der Waals surface area contributed by atoms with Crippen LogP contribution in [0.15, 0.2) is 47.5 Å². The molecule has 0 aromatic heterocycles. The number of hydrogen-bond donors (Lipinski definition) is 2. The number of amidine groups is 1. The number of carbonyl (C=O) groups is 2. The monoisotopic (exact) mass is 370 g/mol. The molecule has 0 spiro atoms. The van der Waals surface area contributed by atoms with Gasteiger partial charge in [0.05, 0.1) is 24.3 Å². The molecule has 6 nitrogen and oxygen atoms in total. The first kappa shape index (κ1) is 18.1. The van der Waals surface area contributed by atoms with Crippen LogP contribution in [0.25, 0.3) is 0 Å². The van der Waals surface area contributed by atoms with Gasteiger partial charge in [0.15, 0.2) is 0 Å². The largest absolute Gasteiger partial charge is 1.00 e. The Morgan fingerprint density at radius 1 is 1.19 bits per heavy atom. The molecule has 2 aliphatic rings. The molecule has 0 aliphatic carbocycles. The quantitative estimate of drug-likeness (QED) is 0.700. The lowest BCUT2D eigenvalue weighted by atomic mass is 10.1. The molecule has 0 bridgehead atoms. The number of carbonyl (C=O) groups excluding carboxylic acids is 2. The Labute approximate surface area is 157 Å². The van der Waals surface area contributed by atoms with Crippen molar-refractivity contribution in [3.8, 4) is 0 Å². The van der Waals surface area contributed by atoms with E-state index in [9.17, 15) is 9.59 Å². The van der Waals surface area contributed by atoms with Gasteiger partial charge in [-0.05, 0) is 29.8 Å². The van der Waals surface area contributed by atoms with Gasteiger partial charge >= 0.3 is 0 Å². The fourth-order valence-corrected chi connectivity index (χ4v) is 3.21. The van der Waals surface area contributed by atoms with Crippen molar-refractivity contribution in [1.82, 2.24) is 4.90 Å². The van der Waals surface area contributed by atoms with Crippen LogP contribution in [0.3, 0.4) is 0 Å². The number of amides is 2. The molecule has 2 amide bonds. The highest BCUT2D eigenvalue weighted by atomic mass is 35.5. The minimum absolute atomic E-state index is 0. The molecule has 0 saturated carbocycles. The van der Waals surface area contributed by atoms with E-state index in [-0.39, 0.29) is 24.2 Å². The summed E-state index contributed by atoms with van der Waals surface area (Å²) in [6, 6.07) is 13.2. The molecule has 26 heavy (non-hydrogen) atoms.